The Morgan fingerprint density at radius 1 is 0.963 bits per heavy atom. The molecule has 1 aliphatic rings. The zero-order valence-electron chi connectivity index (χ0n) is 14.8. The van der Waals surface area contributed by atoms with E-state index in [0.29, 0.717) is 29.6 Å². The van der Waals surface area contributed by atoms with Gasteiger partial charge in [-0.15, -0.1) is 0 Å². The van der Waals surface area contributed by atoms with Gasteiger partial charge in [-0.3, -0.25) is 14.6 Å². The summed E-state index contributed by atoms with van der Waals surface area (Å²) in [5.74, 6) is -0.800. The van der Waals surface area contributed by atoms with Gasteiger partial charge in [-0.1, -0.05) is 35.7 Å². The minimum Gasteiger partial charge on any atom is -0.352 e. The molecule has 0 spiro atoms. The van der Waals surface area contributed by atoms with Crippen molar-refractivity contribution in [3.8, 4) is 0 Å². The number of hydrogen-bond acceptors (Lipinski definition) is 3. The first-order chi connectivity index (χ1) is 13.0. The van der Waals surface area contributed by atoms with Crippen LogP contribution in [0.1, 0.15) is 30.4 Å². The van der Waals surface area contributed by atoms with Gasteiger partial charge in [0.2, 0.25) is 11.8 Å². The number of halogens is 2. The van der Waals surface area contributed by atoms with Crippen LogP contribution in [0.5, 0.6) is 0 Å². The van der Waals surface area contributed by atoms with E-state index in [0.717, 1.165) is 24.0 Å². The van der Waals surface area contributed by atoms with E-state index in [4.69, 9.17) is 23.2 Å². The molecule has 1 saturated carbocycles. The van der Waals surface area contributed by atoms with Crippen LogP contribution < -0.4 is 10.6 Å². The number of hydrogen-bond donors (Lipinski definition) is 2. The second kappa shape index (κ2) is 9.20. The van der Waals surface area contributed by atoms with Crippen molar-refractivity contribution >= 4 is 35.0 Å². The lowest BCUT2D eigenvalue weighted by molar-refractivity contribution is -0.133. The number of nitrogens with one attached hydrogen (secondary N) is 2. The van der Waals surface area contributed by atoms with Gasteiger partial charge in [0.25, 0.3) is 0 Å². The molecule has 0 radical (unpaired) electrons. The number of amides is 2. The minimum absolute atomic E-state index is 0.0812. The van der Waals surface area contributed by atoms with Crippen LogP contribution in [-0.4, -0.2) is 16.8 Å². The highest BCUT2D eigenvalue weighted by Crippen LogP contribution is 2.32. The summed E-state index contributed by atoms with van der Waals surface area (Å²) in [7, 11) is 0. The maximum atomic E-state index is 12.6. The van der Waals surface area contributed by atoms with Crippen LogP contribution in [0.4, 0.5) is 0 Å². The van der Waals surface area contributed by atoms with Gasteiger partial charge in [-0.05, 0) is 48.2 Å². The molecular formula is C20H21Cl2N3O2. The fourth-order valence-corrected chi connectivity index (χ4v) is 4.02. The van der Waals surface area contributed by atoms with E-state index in [2.05, 4.69) is 15.6 Å². The summed E-state index contributed by atoms with van der Waals surface area (Å²) in [6.45, 7) is 0.748. The molecule has 142 valence electrons. The monoisotopic (exact) mass is 405 g/mol. The van der Waals surface area contributed by atoms with Crippen molar-refractivity contribution in [1.29, 1.82) is 0 Å². The maximum Gasteiger partial charge on any atom is 0.224 e. The zero-order valence-corrected chi connectivity index (χ0v) is 16.3. The second-order valence-electron chi connectivity index (χ2n) is 6.72. The van der Waals surface area contributed by atoms with Crippen molar-refractivity contribution in [1.82, 2.24) is 15.6 Å². The fourth-order valence-electron chi connectivity index (χ4n) is 3.44. The largest absolute Gasteiger partial charge is 0.352 e. The summed E-state index contributed by atoms with van der Waals surface area (Å²) >= 11 is 12.0. The van der Waals surface area contributed by atoms with E-state index in [9.17, 15) is 9.59 Å². The Morgan fingerprint density at radius 3 is 2.11 bits per heavy atom. The van der Waals surface area contributed by atoms with Crippen molar-refractivity contribution in [2.45, 2.75) is 32.4 Å². The van der Waals surface area contributed by atoms with Crippen LogP contribution in [0.15, 0.2) is 42.7 Å². The third-order valence-corrected chi connectivity index (χ3v) is 5.20. The van der Waals surface area contributed by atoms with Crippen LogP contribution >= 0.6 is 23.2 Å². The Morgan fingerprint density at radius 2 is 1.56 bits per heavy atom. The number of benzene rings is 1. The molecule has 1 aliphatic carbocycles. The first-order valence-corrected chi connectivity index (χ1v) is 9.68. The lowest BCUT2D eigenvalue weighted by atomic mass is 9.94. The molecule has 2 N–H and O–H groups in total. The van der Waals surface area contributed by atoms with Crippen LogP contribution in [0, 0.1) is 11.8 Å². The Labute approximate surface area is 168 Å². The van der Waals surface area contributed by atoms with Gasteiger partial charge in [0, 0.05) is 47.4 Å². The topological polar surface area (TPSA) is 71.1 Å². The van der Waals surface area contributed by atoms with E-state index in [1.165, 1.54) is 0 Å². The smallest absolute Gasteiger partial charge is 0.224 e. The molecule has 7 heteroatoms. The predicted molar refractivity (Wildman–Crippen MR) is 105 cm³/mol. The molecule has 1 fully saturated rings. The Balaban J connectivity index is 1.54. The Bertz CT molecular complexity index is 794. The quantitative estimate of drug-likeness (QED) is 0.768. The lowest BCUT2D eigenvalue weighted by Crippen LogP contribution is -2.39. The second-order valence-corrected chi connectivity index (χ2v) is 7.59. The van der Waals surface area contributed by atoms with Crippen LogP contribution in [0.25, 0.3) is 0 Å². The molecular weight excluding hydrogens is 385 g/mol. The third kappa shape index (κ3) is 5.44. The summed E-state index contributed by atoms with van der Waals surface area (Å²) < 4.78 is 0. The van der Waals surface area contributed by atoms with Crippen molar-refractivity contribution in [3.05, 3.63) is 63.9 Å². The molecule has 2 amide bonds. The van der Waals surface area contributed by atoms with Crippen LogP contribution in [0.2, 0.25) is 10.0 Å². The van der Waals surface area contributed by atoms with Crippen molar-refractivity contribution in [3.63, 3.8) is 0 Å². The molecule has 3 rings (SSSR count). The van der Waals surface area contributed by atoms with E-state index >= 15 is 0 Å². The molecule has 0 saturated heterocycles. The highest BCUT2D eigenvalue weighted by atomic mass is 35.5. The molecule has 0 bridgehead atoms. The molecule has 5 nitrogen and oxygen atoms in total. The van der Waals surface area contributed by atoms with E-state index in [-0.39, 0.29) is 23.7 Å². The number of rotatable bonds is 6. The lowest BCUT2D eigenvalue weighted by Gasteiger charge is -2.19. The van der Waals surface area contributed by atoms with Gasteiger partial charge in [-0.2, -0.15) is 0 Å². The number of nitrogens with zero attached hydrogens (tertiary/aromatic N) is 1. The minimum atomic E-state index is -0.312. The third-order valence-electron chi connectivity index (χ3n) is 4.77. The summed E-state index contributed by atoms with van der Waals surface area (Å²) in [5.41, 5.74) is 1.76. The van der Waals surface area contributed by atoms with E-state index < -0.39 is 0 Å². The summed E-state index contributed by atoms with van der Waals surface area (Å²) in [6.07, 6.45) is 5.71. The van der Waals surface area contributed by atoms with Crippen LogP contribution in [0.3, 0.4) is 0 Å². The van der Waals surface area contributed by atoms with E-state index in [1.54, 1.807) is 30.6 Å². The predicted octanol–water partition coefficient (Wildman–Crippen LogP) is 3.74. The number of aromatic nitrogens is 1. The van der Waals surface area contributed by atoms with E-state index in [1.807, 2.05) is 12.1 Å². The van der Waals surface area contributed by atoms with Crippen molar-refractivity contribution in [2.75, 3.05) is 0 Å². The number of carbonyl (C=O) groups excluding carboxylic acids is 2. The number of pyridine rings is 1. The Kier molecular flexibility index (Phi) is 6.69. The first kappa shape index (κ1) is 19.6. The van der Waals surface area contributed by atoms with Gasteiger partial charge >= 0.3 is 0 Å². The molecule has 27 heavy (non-hydrogen) atoms. The molecule has 2 unspecified atom stereocenters. The average molecular weight is 406 g/mol. The highest BCUT2D eigenvalue weighted by Gasteiger charge is 2.37. The van der Waals surface area contributed by atoms with Crippen LogP contribution in [-0.2, 0) is 22.7 Å². The molecule has 2 aromatic rings. The normalized spacial score (nSPS) is 18.9. The number of carbonyl (C=O) groups is 2. The molecule has 2 atom stereocenters. The van der Waals surface area contributed by atoms with Crippen molar-refractivity contribution < 1.29 is 9.59 Å². The summed E-state index contributed by atoms with van der Waals surface area (Å²) in [4.78, 5) is 29.2. The molecule has 1 heterocycles. The standard InChI is InChI=1S/C20H21Cl2N3O2/c21-15-7-14(8-16(22)9-15)12-25-20(27)18-5-1-4-17(18)19(26)24-11-13-3-2-6-23-10-13/h2-3,6-10,17-18H,1,4-5,11-12H2,(H,24,26)(H,25,27). The first-order valence-electron chi connectivity index (χ1n) is 8.92. The van der Waals surface area contributed by atoms with Gasteiger partial charge in [0.1, 0.15) is 0 Å². The fraction of sp³-hybridized carbons (Fsp3) is 0.350. The summed E-state index contributed by atoms with van der Waals surface area (Å²) in [6, 6.07) is 8.91. The van der Waals surface area contributed by atoms with Crippen molar-refractivity contribution in [2.24, 2.45) is 11.8 Å². The van der Waals surface area contributed by atoms with Gasteiger partial charge in [0.05, 0.1) is 0 Å². The van der Waals surface area contributed by atoms with Gasteiger partial charge < -0.3 is 10.6 Å². The highest BCUT2D eigenvalue weighted by molar-refractivity contribution is 6.34. The molecule has 1 aromatic heterocycles. The van der Waals surface area contributed by atoms with Gasteiger partial charge in [-0.25, -0.2) is 0 Å². The molecule has 0 aliphatic heterocycles. The zero-order chi connectivity index (χ0) is 19.2. The Hall–Kier alpha value is -2.11. The van der Waals surface area contributed by atoms with Gasteiger partial charge in [0.15, 0.2) is 0 Å². The maximum absolute atomic E-state index is 12.6. The summed E-state index contributed by atoms with van der Waals surface area (Å²) in [5, 5.41) is 6.88. The molecule has 1 aromatic carbocycles. The SMILES string of the molecule is O=C(NCc1cccnc1)C1CCCC1C(=O)NCc1cc(Cl)cc(Cl)c1. The average Bonchev–Trinajstić information content (AvgIpc) is 3.14.